The van der Waals surface area contributed by atoms with E-state index < -0.39 is 0 Å². The molecule has 1 amide bonds. The van der Waals surface area contributed by atoms with Gasteiger partial charge in [0.1, 0.15) is 6.04 Å². The van der Waals surface area contributed by atoms with Crippen molar-refractivity contribution in [1.82, 2.24) is 5.32 Å². The number of carbonyl (C=O) groups is 1. The van der Waals surface area contributed by atoms with Gasteiger partial charge >= 0.3 is 0 Å². The zero-order valence-electron chi connectivity index (χ0n) is 12.0. The van der Waals surface area contributed by atoms with Crippen molar-refractivity contribution in [2.75, 3.05) is 44.1 Å². The summed E-state index contributed by atoms with van der Waals surface area (Å²) in [6.45, 7) is 4.06. The normalized spacial score (nSPS) is 17.0. The molecule has 0 aliphatic carbocycles. The molecule has 1 aliphatic heterocycles. The average Bonchev–Trinajstić information content (AvgIpc) is 2.72. The second kappa shape index (κ2) is 6.43. The monoisotopic (exact) mass is 297 g/mol. The van der Waals surface area contributed by atoms with E-state index in [1.807, 2.05) is 31.0 Å². The van der Waals surface area contributed by atoms with Crippen LogP contribution in [0.4, 0.5) is 11.4 Å². The predicted octanol–water partition coefficient (Wildman–Crippen LogP) is 2.03. The number of nitrogens with zero attached hydrogens (tertiary/aromatic N) is 1. The Morgan fingerprint density at radius 3 is 2.90 bits per heavy atom. The fourth-order valence-electron chi connectivity index (χ4n) is 2.32. The topological polar surface area (TPSA) is 53.6 Å². The van der Waals surface area contributed by atoms with Crippen LogP contribution in [0.25, 0.3) is 0 Å². The van der Waals surface area contributed by atoms with Crippen LogP contribution in [-0.4, -0.2) is 39.8 Å². The lowest BCUT2D eigenvalue weighted by atomic mass is 10.1. The van der Waals surface area contributed by atoms with Gasteiger partial charge in [0.2, 0.25) is 5.91 Å². The summed E-state index contributed by atoms with van der Waals surface area (Å²) in [5.74, 6) is -0.0484. The number of likely N-dealkylation sites (N-methyl/N-ethyl adjacent to an activating group) is 2. The SMILES string of the molecule is CCOCCN(C)c1cc2c(cc1Cl)C(NC)C(=O)N2. The van der Waals surface area contributed by atoms with Crippen LogP contribution < -0.4 is 15.5 Å². The molecule has 20 heavy (non-hydrogen) atoms. The lowest BCUT2D eigenvalue weighted by Crippen LogP contribution is -2.23. The van der Waals surface area contributed by atoms with Crippen LogP contribution in [-0.2, 0) is 9.53 Å². The number of benzene rings is 1. The van der Waals surface area contributed by atoms with Crippen molar-refractivity contribution >= 4 is 28.9 Å². The third kappa shape index (κ3) is 2.90. The summed E-state index contributed by atoms with van der Waals surface area (Å²) >= 11 is 6.34. The first-order chi connectivity index (χ1) is 9.58. The van der Waals surface area contributed by atoms with Gasteiger partial charge in [-0.3, -0.25) is 4.79 Å². The Hall–Kier alpha value is -1.30. The highest BCUT2D eigenvalue weighted by Crippen LogP contribution is 2.38. The minimum Gasteiger partial charge on any atom is -0.380 e. The number of rotatable bonds is 6. The van der Waals surface area contributed by atoms with E-state index in [1.54, 1.807) is 7.05 Å². The molecule has 0 spiro atoms. The van der Waals surface area contributed by atoms with Crippen molar-refractivity contribution in [1.29, 1.82) is 0 Å². The maximum atomic E-state index is 11.8. The first-order valence-corrected chi connectivity index (χ1v) is 7.06. The van der Waals surface area contributed by atoms with Gasteiger partial charge in [-0.25, -0.2) is 0 Å². The number of nitrogens with one attached hydrogen (secondary N) is 2. The molecule has 6 heteroatoms. The molecule has 1 unspecified atom stereocenters. The standard InChI is InChI=1S/C14H20ClN3O2/c1-4-20-6-5-18(3)12-8-11-9(7-10(12)15)13(16-2)14(19)17-11/h7-8,13,16H,4-6H2,1-3H3,(H,17,19). The van der Waals surface area contributed by atoms with E-state index in [4.69, 9.17) is 16.3 Å². The number of fused-ring (bicyclic) bond motifs is 1. The first-order valence-electron chi connectivity index (χ1n) is 6.69. The fourth-order valence-corrected chi connectivity index (χ4v) is 2.63. The van der Waals surface area contributed by atoms with Crippen LogP contribution in [0.15, 0.2) is 12.1 Å². The highest BCUT2D eigenvalue weighted by molar-refractivity contribution is 6.33. The van der Waals surface area contributed by atoms with E-state index in [9.17, 15) is 4.79 Å². The molecule has 5 nitrogen and oxygen atoms in total. The third-order valence-corrected chi connectivity index (χ3v) is 3.73. The minimum atomic E-state index is -0.328. The molecule has 2 N–H and O–H groups in total. The summed E-state index contributed by atoms with van der Waals surface area (Å²) in [7, 11) is 3.72. The van der Waals surface area contributed by atoms with Crippen LogP contribution in [0, 0.1) is 0 Å². The lowest BCUT2D eigenvalue weighted by molar-refractivity contribution is -0.117. The molecular formula is C14H20ClN3O2. The fraction of sp³-hybridized carbons (Fsp3) is 0.500. The minimum absolute atomic E-state index is 0.0484. The van der Waals surface area contributed by atoms with Gasteiger partial charge in [-0.2, -0.15) is 0 Å². The van der Waals surface area contributed by atoms with Gasteiger partial charge in [-0.1, -0.05) is 11.6 Å². The van der Waals surface area contributed by atoms with Crippen LogP contribution in [0.1, 0.15) is 18.5 Å². The lowest BCUT2D eigenvalue weighted by Gasteiger charge is -2.21. The molecule has 0 aromatic heterocycles. The molecule has 0 fully saturated rings. The number of hydrogen-bond acceptors (Lipinski definition) is 4. The molecular weight excluding hydrogens is 278 g/mol. The van der Waals surface area contributed by atoms with E-state index >= 15 is 0 Å². The maximum Gasteiger partial charge on any atom is 0.246 e. The summed E-state index contributed by atoms with van der Waals surface area (Å²) in [6.07, 6.45) is 0. The molecule has 2 rings (SSSR count). The van der Waals surface area contributed by atoms with E-state index in [1.165, 1.54) is 0 Å². The highest BCUT2D eigenvalue weighted by Gasteiger charge is 2.30. The van der Waals surface area contributed by atoms with Crippen LogP contribution >= 0.6 is 11.6 Å². The van der Waals surface area contributed by atoms with Crippen molar-refractivity contribution in [3.05, 3.63) is 22.7 Å². The van der Waals surface area contributed by atoms with Crippen molar-refractivity contribution in [2.24, 2.45) is 0 Å². The number of carbonyl (C=O) groups excluding carboxylic acids is 1. The Labute approximate surface area is 124 Å². The number of halogens is 1. The first kappa shape index (κ1) is 15.1. The van der Waals surface area contributed by atoms with Gasteiger partial charge in [0, 0.05) is 31.5 Å². The van der Waals surface area contributed by atoms with Crippen molar-refractivity contribution < 1.29 is 9.53 Å². The molecule has 0 saturated carbocycles. The van der Waals surface area contributed by atoms with Crippen LogP contribution in [0.3, 0.4) is 0 Å². The molecule has 1 aliphatic rings. The third-order valence-electron chi connectivity index (χ3n) is 3.43. The van der Waals surface area contributed by atoms with Gasteiger partial charge in [-0.05, 0) is 26.1 Å². The molecule has 1 atom stereocenters. The molecule has 0 radical (unpaired) electrons. The second-order valence-corrected chi connectivity index (χ2v) is 5.13. The zero-order chi connectivity index (χ0) is 14.7. The smallest absolute Gasteiger partial charge is 0.246 e. The Morgan fingerprint density at radius 2 is 2.25 bits per heavy atom. The molecule has 110 valence electrons. The van der Waals surface area contributed by atoms with E-state index in [-0.39, 0.29) is 11.9 Å². The Kier molecular flexibility index (Phi) is 4.86. The van der Waals surface area contributed by atoms with Gasteiger partial charge in [-0.15, -0.1) is 0 Å². The van der Waals surface area contributed by atoms with Crippen LogP contribution in [0.5, 0.6) is 0 Å². The summed E-state index contributed by atoms with van der Waals surface area (Å²) in [6, 6.07) is 3.44. The Balaban J connectivity index is 2.21. The van der Waals surface area contributed by atoms with Gasteiger partial charge in [0.25, 0.3) is 0 Å². The van der Waals surface area contributed by atoms with E-state index in [2.05, 4.69) is 10.6 Å². The molecule has 1 aromatic carbocycles. The van der Waals surface area contributed by atoms with Gasteiger partial charge < -0.3 is 20.3 Å². The van der Waals surface area contributed by atoms with Crippen molar-refractivity contribution in [3.8, 4) is 0 Å². The number of amides is 1. The summed E-state index contributed by atoms with van der Waals surface area (Å²) in [4.78, 5) is 13.8. The molecule has 0 saturated heterocycles. The molecule has 0 bridgehead atoms. The summed E-state index contributed by atoms with van der Waals surface area (Å²) in [5, 5.41) is 6.49. The zero-order valence-corrected chi connectivity index (χ0v) is 12.8. The summed E-state index contributed by atoms with van der Waals surface area (Å²) < 4.78 is 5.35. The largest absolute Gasteiger partial charge is 0.380 e. The Bertz CT molecular complexity index is 507. The number of anilines is 2. The average molecular weight is 298 g/mol. The summed E-state index contributed by atoms with van der Waals surface area (Å²) in [5.41, 5.74) is 2.60. The Morgan fingerprint density at radius 1 is 1.50 bits per heavy atom. The molecule has 1 aromatic rings. The van der Waals surface area contributed by atoms with Crippen LogP contribution in [0.2, 0.25) is 5.02 Å². The maximum absolute atomic E-state index is 11.8. The van der Waals surface area contributed by atoms with Crippen molar-refractivity contribution in [3.63, 3.8) is 0 Å². The van der Waals surface area contributed by atoms with Gasteiger partial charge in [0.05, 0.1) is 17.3 Å². The number of ether oxygens (including phenoxy) is 1. The highest BCUT2D eigenvalue weighted by atomic mass is 35.5. The molecule has 1 heterocycles. The second-order valence-electron chi connectivity index (χ2n) is 4.72. The quantitative estimate of drug-likeness (QED) is 0.789. The van der Waals surface area contributed by atoms with Crippen molar-refractivity contribution in [2.45, 2.75) is 13.0 Å². The van der Waals surface area contributed by atoms with E-state index in [0.29, 0.717) is 18.2 Å². The predicted molar refractivity (Wildman–Crippen MR) is 81.6 cm³/mol. The number of hydrogen-bond donors (Lipinski definition) is 2. The van der Waals surface area contributed by atoms with Gasteiger partial charge in [0.15, 0.2) is 0 Å². The van der Waals surface area contributed by atoms with E-state index in [0.717, 1.165) is 23.5 Å².